The van der Waals surface area contributed by atoms with E-state index in [1.165, 1.54) is 16.4 Å². The van der Waals surface area contributed by atoms with Gasteiger partial charge in [0.05, 0.1) is 30.3 Å². The predicted molar refractivity (Wildman–Crippen MR) is 99.6 cm³/mol. The standard InChI is InChI=1S/C19H20N2O5S/c22-19(21-11-14-26-18-4-2-1-3-17(18)21)15-5-7-16(8-6-15)27(23,24)20-9-12-25-13-10-20/h1-8H,9-14H2. The Morgan fingerprint density at radius 1 is 0.889 bits per heavy atom. The van der Waals surface area contributed by atoms with Crippen LogP contribution >= 0.6 is 0 Å². The molecule has 0 unspecified atom stereocenters. The lowest BCUT2D eigenvalue weighted by atomic mass is 10.1. The molecule has 2 heterocycles. The molecule has 0 saturated carbocycles. The highest BCUT2D eigenvalue weighted by Crippen LogP contribution is 2.32. The molecule has 0 spiro atoms. The number of morpholine rings is 1. The van der Waals surface area contributed by atoms with Crippen molar-refractivity contribution in [2.24, 2.45) is 0 Å². The van der Waals surface area contributed by atoms with Crippen LogP contribution in [0.15, 0.2) is 53.4 Å². The second-order valence-electron chi connectivity index (χ2n) is 6.31. The van der Waals surface area contributed by atoms with Crippen molar-refractivity contribution >= 4 is 21.6 Å². The van der Waals surface area contributed by atoms with E-state index >= 15 is 0 Å². The molecule has 2 aromatic rings. The van der Waals surface area contributed by atoms with Gasteiger partial charge in [0.25, 0.3) is 5.91 Å². The van der Waals surface area contributed by atoms with Crippen LogP contribution < -0.4 is 9.64 Å². The summed E-state index contributed by atoms with van der Waals surface area (Å²) in [7, 11) is -3.57. The number of fused-ring (bicyclic) bond motifs is 1. The highest BCUT2D eigenvalue weighted by Gasteiger charge is 2.28. The molecular formula is C19H20N2O5S. The van der Waals surface area contributed by atoms with E-state index in [1.807, 2.05) is 24.3 Å². The van der Waals surface area contributed by atoms with Crippen LogP contribution in [0.25, 0.3) is 0 Å². The minimum absolute atomic E-state index is 0.180. The topological polar surface area (TPSA) is 76.2 Å². The number of carbonyl (C=O) groups is 1. The van der Waals surface area contributed by atoms with Crippen molar-refractivity contribution in [3.63, 3.8) is 0 Å². The van der Waals surface area contributed by atoms with E-state index in [1.54, 1.807) is 17.0 Å². The number of sulfonamides is 1. The first-order chi connectivity index (χ1) is 13.1. The van der Waals surface area contributed by atoms with Crippen LogP contribution in [0.1, 0.15) is 10.4 Å². The Labute approximate surface area is 158 Å². The van der Waals surface area contributed by atoms with Gasteiger partial charge in [-0.2, -0.15) is 4.31 Å². The van der Waals surface area contributed by atoms with Crippen molar-refractivity contribution < 1.29 is 22.7 Å². The third-order valence-electron chi connectivity index (χ3n) is 4.68. The fraction of sp³-hybridized carbons (Fsp3) is 0.316. The van der Waals surface area contributed by atoms with Crippen molar-refractivity contribution in [3.05, 3.63) is 54.1 Å². The van der Waals surface area contributed by atoms with E-state index in [-0.39, 0.29) is 10.8 Å². The lowest BCUT2D eigenvalue weighted by Gasteiger charge is -2.29. The number of benzene rings is 2. The summed E-state index contributed by atoms with van der Waals surface area (Å²) in [5, 5.41) is 0. The van der Waals surface area contributed by atoms with Gasteiger partial charge in [0.15, 0.2) is 0 Å². The summed E-state index contributed by atoms with van der Waals surface area (Å²) in [6, 6.07) is 13.5. The van der Waals surface area contributed by atoms with E-state index in [0.717, 1.165) is 5.69 Å². The monoisotopic (exact) mass is 388 g/mol. The van der Waals surface area contributed by atoms with Crippen molar-refractivity contribution in [1.82, 2.24) is 4.31 Å². The number of amides is 1. The largest absolute Gasteiger partial charge is 0.490 e. The van der Waals surface area contributed by atoms with E-state index in [2.05, 4.69) is 0 Å². The van der Waals surface area contributed by atoms with Gasteiger partial charge in [0.1, 0.15) is 12.4 Å². The maximum Gasteiger partial charge on any atom is 0.258 e. The van der Waals surface area contributed by atoms with Gasteiger partial charge in [-0.3, -0.25) is 4.79 Å². The zero-order valence-corrected chi connectivity index (χ0v) is 15.5. The first-order valence-corrected chi connectivity index (χ1v) is 10.2. The number of para-hydroxylation sites is 2. The highest BCUT2D eigenvalue weighted by molar-refractivity contribution is 7.89. The van der Waals surface area contributed by atoms with Crippen LogP contribution in [0.2, 0.25) is 0 Å². The van der Waals surface area contributed by atoms with Crippen LogP contribution in [0.5, 0.6) is 5.75 Å². The number of hydrogen-bond donors (Lipinski definition) is 0. The first kappa shape index (κ1) is 18.0. The fourth-order valence-electron chi connectivity index (χ4n) is 3.24. The molecule has 0 radical (unpaired) electrons. The summed E-state index contributed by atoms with van der Waals surface area (Å²) in [5.41, 5.74) is 1.16. The van der Waals surface area contributed by atoms with Crippen LogP contribution in [0.4, 0.5) is 5.69 Å². The first-order valence-electron chi connectivity index (χ1n) is 8.79. The Kier molecular flexibility index (Phi) is 4.86. The van der Waals surface area contributed by atoms with Gasteiger partial charge in [0.2, 0.25) is 10.0 Å². The number of rotatable bonds is 3. The Morgan fingerprint density at radius 3 is 2.33 bits per heavy atom. The molecule has 8 heteroatoms. The fourth-order valence-corrected chi connectivity index (χ4v) is 4.65. The number of anilines is 1. The highest BCUT2D eigenvalue weighted by atomic mass is 32.2. The molecule has 0 aliphatic carbocycles. The second kappa shape index (κ2) is 7.30. The van der Waals surface area contributed by atoms with E-state index in [4.69, 9.17) is 9.47 Å². The normalized spacial score (nSPS) is 17.9. The van der Waals surface area contributed by atoms with Gasteiger partial charge < -0.3 is 14.4 Å². The van der Waals surface area contributed by atoms with E-state index < -0.39 is 10.0 Å². The summed E-state index contributed by atoms with van der Waals surface area (Å²) in [5.74, 6) is 0.490. The zero-order valence-electron chi connectivity index (χ0n) is 14.7. The molecule has 1 fully saturated rings. The van der Waals surface area contributed by atoms with Crippen LogP contribution in [-0.2, 0) is 14.8 Å². The molecule has 1 saturated heterocycles. The molecule has 0 atom stereocenters. The average Bonchev–Trinajstić information content (AvgIpc) is 2.73. The second-order valence-corrected chi connectivity index (χ2v) is 8.25. The SMILES string of the molecule is O=C(c1ccc(S(=O)(=O)N2CCOCC2)cc1)N1CCOc2ccccc21. The van der Waals surface area contributed by atoms with Gasteiger partial charge in [-0.05, 0) is 36.4 Å². The maximum atomic E-state index is 12.9. The molecule has 2 aromatic carbocycles. The van der Waals surface area contributed by atoms with Crippen LogP contribution in [-0.4, -0.2) is 58.1 Å². The molecule has 2 aliphatic rings. The quantitative estimate of drug-likeness (QED) is 0.801. The molecule has 0 N–H and O–H groups in total. The number of ether oxygens (including phenoxy) is 2. The molecular weight excluding hydrogens is 368 g/mol. The Balaban J connectivity index is 1.57. The summed E-state index contributed by atoms with van der Waals surface area (Å²) < 4.78 is 37.6. The Bertz CT molecular complexity index is 937. The summed E-state index contributed by atoms with van der Waals surface area (Å²) in [6.45, 7) is 2.34. The van der Waals surface area contributed by atoms with Crippen molar-refractivity contribution in [3.8, 4) is 5.75 Å². The van der Waals surface area contributed by atoms with Gasteiger partial charge in [-0.25, -0.2) is 8.42 Å². The molecule has 2 aliphatic heterocycles. The molecule has 7 nitrogen and oxygen atoms in total. The minimum Gasteiger partial charge on any atom is -0.490 e. The smallest absolute Gasteiger partial charge is 0.258 e. The summed E-state index contributed by atoms with van der Waals surface area (Å²) >= 11 is 0. The minimum atomic E-state index is -3.57. The lowest BCUT2D eigenvalue weighted by molar-refractivity contribution is 0.0730. The van der Waals surface area contributed by atoms with Crippen molar-refractivity contribution in [1.29, 1.82) is 0 Å². The van der Waals surface area contributed by atoms with E-state index in [9.17, 15) is 13.2 Å². The molecule has 1 amide bonds. The van der Waals surface area contributed by atoms with Crippen LogP contribution in [0, 0.1) is 0 Å². The van der Waals surface area contributed by atoms with Crippen molar-refractivity contribution in [2.45, 2.75) is 4.90 Å². The molecule has 0 aromatic heterocycles. The average molecular weight is 388 g/mol. The zero-order chi connectivity index (χ0) is 18.9. The Hall–Kier alpha value is -2.42. The van der Waals surface area contributed by atoms with E-state index in [0.29, 0.717) is 50.8 Å². The van der Waals surface area contributed by atoms with Gasteiger partial charge >= 0.3 is 0 Å². The van der Waals surface area contributed by atoms with Gasteiger partial charge in [-0.15, -0.1) is 0 Å². The maximum absolute atomic E-state index is 12.9. The third kappa shape index (κ3) is 3.43. The van der Waals surface area contributed by atoms with Crippen LogP contribution in [0.3, 0.4) is 0 Å². The predicted octanol–water partition coefficient (Wildman–Crippen LogP) is 1.75. The molecule has 4 rings (SSSR count). The molecule has 27 heavy (non-hydrogen) atoms. The Morgan fingerprint density at radius 2 is 1.59 bits per heavy atom. The summed E-state index contributed by atoms with van der Waals surface area (Å²) in [4.78, 5) is 14.8. The third-order valence-corrected chi connectivity index (χ3v) is 6.60. The van der Waals surface area contributed by atoms with Gasteiger partial charge in [-0.1, -0.05) is 12.1 Å². The number of carbonyl (C=O) groups excluding carboxylic acids is 1. The number of hydrogen-bond acceptors (Lipinski definition) is 5. The summed E-state index contributed by atoms with van der Waals surface area (Å²) in [6.07, 6.45) is 0. The molecule has 142 valence electrons. The number of nitrogens with zero attached hydrogens (tertiary/aromatic N) is 2. The van der Waals surface area contributed by atoms with Gasteiger partial charge in [0, 0.05) is 18.7 Å². The molecule has 0 bridgehead atoms. The lowest BCUT2D eigenvalue weighted by Crippen LogP contribution is -2.40. The van der Waals surface area contributed by atoms with Crippen molar-refractivity contribution in [2.75, 3.05) is 44.4 Å².